The first kappa shape index (κ1) is 21.4. The molecule has 2 amide bonds. The summed E-state index contributed by atoms with van der Waals surface area (Å²) in [4.78, 5) is 35.8. The molecule has 0 heterocycles. The Morgan fingerprint density at radius 1 is 0.933 bits per heavy atom. The summed E-state index contributed by atoms with van der Waals surface area (Å²) in [6, 6.07) is 14.1. The third kappa shape index (κ3) is 4.45. The first-order valence-electron chi connectivity index (χ1n) is 9.94. The average molecular weight is 410 g/mol. The van der Waals surface area contributed by atoms with E-state index in [0.717, 1.165) is 22.3 Å². The van der Waals surface area contributed by atoms with Crippen LogP contribution in [0.25, 0.3) is 11.1 Å². The summed E-state index contributed by atoms with van der Waals surface area (Å²) in [5, 5.41) is 13.9. The van der Waals surface area contributed by atoms with Gasteiger partial charge in [0.15, 0.2) is 0 Å². The molecule has 30 heavy (non-hydrogen) atoms. The molecule has 1 aliphatic carbocycles. The van der Waals surface area contributed by atoms with Crippen molar-refractivity contribution in [1.82, 2.24) is 10.6 Å². The SMILES string of the molecule is CC(C)[C@H](NC(=O)OCC1c2ccccc2-c2ccccc21)C(=O)N[C@H](C)C(=O)O. The Kier molecular flexibility index (Phi) is 6.40. The number of benzene rings is 2. The van der Waals surface area contributed by atoms with Crippen LogP contribution in [0, 0.1) is 5.92 Å². The van der Waals surface area contributed by atoms with Crippen molar-refractivity contribution in [3.63, 3.8) is 0 Å². The Morgan fingerprint density at radius 3 is 1.97 bits per heavy atom. The third-order valence-electron chi connectivity index (χ3n) is 5.30. The second kappa shape index (κ2) is 8.98. The number of ether oxygens (including phenoxy) is 1. The largest absolute Gasteiger partial charge is 0.480 e. The van der Waals surface area contributed by atoms with Gasteiger partial charge in [-0.05, 0) is 35.1 Å². The van der Waals surface area contributed by atoms with Crippen LogP contribution in [0.4, 0.5) is 4.79 Å². The highest BCUT2D eigenvalue weighted by Gasteiger charge is 2.31. The van der Waals surface area contributed by atoms with Crippen molar-refractivity contribution in [2.45, 2.75) is 38.8 Å². The van der Waals surface area contributed by atoms with Crippen LogP contribution < -0.4 is 10.6 Å². The van der Waals surface area contributed by atoms with E-state index in [1.807, 2.05) is 36.4 Å². The normalized spacial score (nSPS) is 14.4. The molecule has 1 aliphatic rings. The van der Waals surface area contributed by atoms with Gasteiger partial charge in [0, 0.05) is 5.92 Å². The predicted octanol–water partition coefficient (Wildman–Crippen LogP) is 3.14. The number of fused-ring (bicyclic) bond motifs is 3. The molecule has 0 aromatic heterocycles. The number of carboxylic acids is 1. The molecule has 0 saturated carbocycles. The molecule has 2 aromatic rings. The van der Waals surface area contributed by atoms with E-state index < -0.39 is 30.1 Å². The van der Waals surface area contributed by atoms with Gasteiger partial charge in [-0.2, -0.15) is 0 Å². The summed E-state index contributed by atoms with van der Waals surface area (Å²) in [6.45, 7) is 5.03. The fourth-order valence-corrected chi connectivity index (χ4v) is 3.67. The molecule has 0 bridgehead atoms. The molecule has 3 rings (SSSR count). The molecule has 158 valence electrons. The van der Waals surface area contributed by atoms with Crippen molar-refractivity contribution in [2.24, 2.45) is 5.92 Å². The number of carbonyl (C=O) groups is 3. The van der Waals surface area contributed by atoms with Crippen molar-refractivity contribution in [1.29, 1.82) is 0 Å². The molecule has 0 aliphatic heterocycles. The fourth-order valence-electron chi connectivity index (χ4n) is 3.67. The number of aliphatic carboxylic acids is 1. The van der Waals surface area contributed by atoms with E-state index in [1.54, 1.807) is 13.8 Å². The van der Waals surface area contributed by atoms with Gasteiger partial charge >= 0.3 is 12.1 Å². The number of carboxylic acid groups (broad SMARTS) is 1. The maximum absolute atomic E-state index is 12.4. The lowest BCUT2D eigenvalue weighted by Gasteiger charge is -2.23. The van der Waals surface area contributed by atoms with Crippen LogP contribution in [0.2, 0.25) is 0 Å². The second-order valence-electron chi connectivity index (χ2n) is 7.76. The molecule has 0 spiro atoms. The monoisotopic (exact) mass is 410 g/mol. The van der Waals surface area contributed by atoms with Crippen molar-refractivity contribution < 1.29 is 24.2 Å². The molecule has 0 unspecified atom stereocenters. The van der Waals surface area contributed by atoms with Crippen LogP contribution in [-0.2, 0) is 14.3 Å². The number of nitrogens with one attached hydrogen (secondary N) is 2. The van der Waals surface area contributed by atoms with Crippen LogP contribution >= 0.6 is 0 Å². The van der Waals surface area contributed by atoms with E-state index in [9.17, 15) is 14.4 Å². The highest BCUT2D eigenvalue weighted by molar-refractivity contribution is 5.89. The zero-order valence-electron chi connectivity index (χ0n) is 17.2. The summed E-state index contributed by atoms with van der Waals surface area (Å²) in [6.07, 6.45) is -0.714. The van der Waals surface area contributed by atoms with Gasteiger partial charge in [0.2, 0.25) is 5.91 Å². The summed E-state index contributed by atoms with van der Waals surface area (Å²) >= 11 is 0. The highest BCUT2D eigenvalue weighted by Crippen LogP contribution is 2.44. The second-order valence-corrected chi connectivity index (χ2v) is 7.76. The lowest BCUT2D eigenvalue weighted by molar-refractivity contribution is -0.141. The molecular formula is C23H26N2O5. The Hall–Kier alpha value is -3.35. The van der Waals surface area contributed by atoms with Crippen molar-refractivity contribution >= 4 is 18.0 Å². The molecule has 0 saturated heterocycles. The standard InChI is InChI=1S/C23H26N2O5/c1-13(2)20(21(26)24-14(3)22(27)28)25-23(29)30-12-19-17-10-6-4-8-15(17)16-9-5-7-11-18(16)19/h4-11,13-14,19-20H,12H2,1-3H3,(H,24,26)(H,25,29)(H,27,28)/t14-,20+/m1/s1. The van der Waals surface area contributed by atoms with Gasteiger partial charge in [-0.1, -0.05) is 62.4 Å². The van der Waals surface area contributed by atoms with Crippen molar-refractivity contribution in [2.75, 3.05) is 6.61 Å². The van der Waals surface area contributed by atoms with Crippen molar-refractivity contribution in [3.05, 3.63) is 59.7 Å². The van der Waals surface area contributed by atoms with E-state index in [2.05, 4.69) is 22.8 Å². The van der Waals surface area contributed by atoms with Gasteiger partial charge < -0.3 is 20.5 Å². The summed E-state index contributed by atoms with van der Waals surface area (Å²) in [5.74, 6) is -2.03. The maximum atomic E-state index is 12.4. The minimum absolute atomic E-state index is 0.0819. The lowest BCUT2D eigenvalue weighted by Crippen LogP contribution is -2.53. The maximum Gasteiger partial charge on any atom is 0.407 e. The number of hydrogen-bond donors (Lipinski definition) is 3. The van der Waals surface area contributed by atoms with Gasteiger partial charge in [-0.15, -0.1) is 0 Å². The highest BCUT2D eigenvalue weighted by atomic mass is 16.5. The topological polar surface area (TPSA) is 105 Å². The molecule has 2 aromatic carbocycles. The number of alkyl carbamates (subject to hydrolysis) is 1. The molecule has 7 nitrogen and oxygen atoms in total. The van der Waals surface area contributed by atoms with Gasteiger partial charge in [-0.25, -0.2) is 4.79 Å². The first-order valence-corrected chi connectivity index (χ1v) is 9.94. The number of hydrogen-bond acceptors (Lipinski definition) is 4. The average Bonchev–Trinajstić information content (AvgIpc) is 3.04. The zero-order chi connectivity index (χ0) is 21.8. The van der Waals surface area contributed by atoms with Gasteiger partial charge in [0.25, 0.3) is 0 Å². The summed E-state index contributed by atoms with van der Waals surface area (Å²) < 4.78 is 5.48. The first-order chi connectivity index (χ1) is 14.3. The van der Waals surface area contributed by atoms with Crippen LogP contribution in [0.3, 0.4) is 0 Å². The summed E-state index contributed by atoms with van der Waals surface area (Å²) in [7, 11) is 0. The Morgan fingerprint density at radius 2 is 1.47 bits per heavy atom. The van der Waals surface area contributed by atoms with E-state index in [0.29, 0.717) is 0 Å². The van der Waals surface area contributed by atoms with Gasteiger partial charge in [-0.3, -0.25) is 9.59 Å². The molecular weight excluding hydrogens is 384 g/mol. The number of amides is 2. The lowest BCUT2D eigenvalue weighted by atomic mass is 9.98. The summed E-state index contributed by atoms with van der Waals surface area (Å²) in [5.41, 5.74) is 4.45. The molecule has 0 fully saturated rings. The third-order valence-corrected chi connectivity index (χ3v) is 5.30. The van der Waals surface area contributed by atoms with Gasteiger partial charge in [0.05, 0.1) is 0 Å². The predicted molar refractivity (Wildman–Crippen MR) is 112 cm³/mol. The van der Waals surface area contributed by atoms with E-state index in [4.69, 9.17) is 9.84 Å². The quantitative estimate of drug-likeness (QED) is 0.650. The van der Waals surface area contributed by atoms with Crippen molar-refractivity contribution in [3.8, 4) is 11.1 Å². The molecule has 7 heteroatoms. The minimum atomic E-state index is -1.15. The van der Waals surface area contributed by atoms with E-state index >= 15 is 0 Å². The van der Waals surface area contributed by atoms with Crippen LogP contribution in [0.15, 0.2) is 48.5 Å². The molecule has 0 radical (unpaired) electrons. The Labute approximate surface area is 175 Å². The van der Waals surface area contributed by atoms with Crippen LogP contribution in [0.5, 0.6) is 0 Å². The smallest absolute Gasteiger partial charge is 0.407 e. The molecule has 2 atom stereocenters. The van der Waals surface area contributed by atoms with Gasteiger partial charge in [0.1, 0.15) is 18.7 Å². The van der Waals surface area contributed by atoms with Crippen LogP contribution in [0.1, 0.15) is 37.8 Å². The minimum Gasteiger partial charge on any atom is -0.480 e. The Bertz CT molecular complexity index is 911. The van der Waals surface area contributed by atoms with Crippen LogP contribution in [-0.4, -0.2) is 41.8 Å². The fraction of sp³-hybridized carbons (Fsp3) is 0.348. The number of rotatable bonds is 7. The zero-order valence-corrected chi connectivity index (χ0v) is 17.2. The Balaban J connectivity index is 1.66. The van der Waals surface area contributed by atoms with E-state index in [1.165, 1.54) is 6.92 Å². The number of carbonyl (C=O) groups excluding carboxylic acids is 2. The molecule has 3 N–H and O–H groups in total. The van der Waals surface area contributed by atoms with E-state index in [-0.39, 0.29) is 18.4 Å².